The third-order valence-corrected chi connectivity index (χ3v) is 4.16. The Labute approximate surface area is 143 Å². The van der Waals surface area contributed by atoms with Gasteiger partial charge in [-0.05, 0) is 49.1 Å². The molecule has 1 atom stereocenters. The zero-order valence-electron chi connectivity index (χ0n) is 14.5. The molecule has 0 aromatic heterocycles. The van der Waals surface area contributed by atoms with Gasteiger partial charge in [-0.25, -0.2) is 0 Å². The number of rotatable bonds is 6. The van der Waals surface area contributed by atoms with E-state index >= 15 is 0 Å². The summed E-state index contributed by atoms with van der Waals surface area (Å²) in [5, 5.41) is 19.2. The number of aromatic hydroxyl groups is 2. The molecule has 0 aliphatic rings. The fraction of sp³-hybridized carbons (Fsp3) is 0.300. The number of ether oxygens (including phenoxy) is 2. The Kier molecular flexibility index (Phi) is 5.74. The lowest BCUT2D eigenvalue weighted by Gasteiger charge is -2.15. The highest BCUT2D eigenvalue weighted by Crippen LogP contribution is 2.30. The molecule has 0 bridgehead atoms. The normalized spacial score (nSPS) is 12.8. The largest absolute Gasteiger partial charge is 0.508 e. The molecule has 0 aliphatic heterocycles. The average molecular weight is 328 g/mol. The van der Waals surface area contributed by atoms with Crippen LogP contribution in [0.4, 0.5) is 0 Å². The summed E-state index contributed by atoms with van der Waals surface area (Å²) in [7, 11) is 3.14. The van der Waals surface area contributed by atoms with E-state index in [1.54, 1.807) is 32.4 Å². The van der Waals surface area contributed by atoms with Crippen molar-refractivity contribution >= 4 is 6.08 Å². The Morgan fingerprint density at radius 2 is 1.75 bits per heavy atom. The zero-order chi connectivity index (χ0) is 17.7. The van der Waals surface area contributed by atoms with Gasteiger partial charge < -0.3 is 19.7 Å². The second kappa shape index (κ2) is 7.77. The summed E-state index contributed by atoms with van der Waals surface area (Å²) < 4.78 is 10.5. The van der Waals surface area contributed by atoms with Crippen LogP contribution in [0.3, 0.4) is 0 Å². The number of hydrogen-bond acceptors (Lipinski definition) is 4. The van der Waals surface area contributed by atoms with Gasteiger partial charge >= 0.3 is 0 Å². The average Bonchev–Trinajstić information content (AvgIpc) is 2.57. The minimum Gasteiger partial charge on any atom is -0.508 e. The summed E-state index contributed by atoms with van der Waals surface area (Å²) in [5.41, 5.74) is 3.23. The predicted molar refractivity (Wildman–Crippen MR) is 95.8 cm³/mol. The molecular formula is C20H24O4. The van der Waals surface area contributed by atoms with Crippen LogP contribution in [0.5, 0.6) is 23.0 Å². The number of benzene rings is 2. The monoisotopic (exact) mass is 328 g/mol. The molecule has 0 fully saturated rings. The van der Waals surface area contributed by atoms with E-state index in [-0.39, 0.29) is 11.5 Å². The van der Waals surface area contributed by atoms with E-state index in [9.17, 15) is 10.2 Å². The molecule has 0 heterocycles. The molecule has 0 amide bonds. The van der Waals surface area contributed by atoms with Gasteiger partial charge in [0.1, 0.15) is 11.5 Å². The number of hydrogen-bond donors (Lipinski definition) is 2. The lowest BCUT2D eigenvalue weighted by Crippen LogP contribution is -2.02. The van der Waals surface area contributed by atoms with Gasteiger partial charge in [-0.15, -0.1) is 0 Å². The molecule has 2 N–H and O–H groups in total. The van der Waals surface area contributed by atoms with Crippen LogP contribution in [-0.2, 0) is 6.42 Å². The Hall–Kier alpha value is -2.62. The lowest BCUT2D eigenvalue weighted by molar-refractivity contribution is 0.372. The van der Waals surface area contributed by atoms with E-state index in [4.69, 9.17) is 9.47 Å². The van der Waals surface area contributed by atoms with Gasteiger partial charge in [-0.3, -0.25) is 0 Å². The molecule has 128 valence electrons. The Morgan fingerprint density at radius 3 is 2.42 bits per heavy atom. The van der Waals surface area contributed by atoms with Crippen LogP contribution in [0.1, 0.15) is 25.0 Å². The van der Waals surface area contributed by atoms with Crippen LogP contribution in [0.2, 0.25) is 0 Å². The van der Waals surface area contributed by atoms with Crippen LogP contribution in [0, 0.1) is 5.92 Å². The molecule has 4 heteroatoms. The first-order chi connectivity index (χ1) is 11.4. The van der Waals surface area contributed by atoms with E-state index in [1.165, 1.54) is 5.57 Å². The maximum Gasteiger partial charge on any atom is 0.160 e. The van der Waals surface area contributed by atoms with Crippen molar-refractivity contribution in [3.8, 4) is 23.0 Å². The predicted octanol–water partition coefficient (Wildman–Crippen LogP) is 4.40. The fourth-order valence-corrected chi connectivity index (χ4v) is 2.57. The topological polar surface area (TPSA) is 58.9 Å². The molecule has 2 rings (SSSR count). The first kappa shape index (κ1) is 17.7. The third kappa shape index (κ3) is 4.22. The summed E-state index contributed by atoms with van der Waals surface area (Å²) in [5.74, 6) is 1.77. The second-order valence-electron chi connectivity index (χ2n) is 5.93. The quantitative estimate of drug-likeness (QED) is 0.825. The molecule has 24 heavy (non-hydrogen) atoms. The minimum absolute atomic E-state index is 0.148. The van der Waals surface area contributed by atoms with Crippen molar-refractivity contribution in [3.05, 3.63) is 53.1 Å². The van der Waals surface area contributed by atoms with Crippen LogP contribution in [0.25, 0.3) is 6.08 Å². The van der Waals surface area contributed by atoms with Crippen LogP contribution in [0.15, 0.2) is 42.0 Å². The summed E-state index contributed by atoms with van der Waals surface area (Å²) in [4.78, 5) is 0. The third-order valence-electron chi connectivity index (χ3n) is 4.16. The molecule has 0 saturated heterocycles. The Balaban J connectivity index is 2.18. The standard InChI is InChI=1S/C20H24O4/c1-13(9-15-5-8-18(22)20(11-15)24-4)14(2)10-16-6-7-17(21)12-19(16)23-3/h5-8,10-13,21-22H,9H2,1-4H3/b14-10+/t13-/m1/s1. The highest BCUT2D eigenvalue weighted by Gasteiger charge is 2.10. The van der Waals surface area contributed by atoms with Crippen molar-refractivity contribution < 1.29 is 19.7 Å². The van der Waals surface area contributed by atoms with Crippen molar-refractivity contribution in [2.75, 3.05) is 14.2 Å². The zero-order valence-corrected chi connectivity index (χ0v) is 14.5. The van der Waals surface area contributed by atoms with Crippen molar-refractivity contribution in [1.82, 2.24) is 0 Å². The summed E-state index contributed by atoms with van der Waals surface area (Å²) >= 11 is 0. The SMILES string of the molecule is COc1cc(C[C@@H](C)/C(C)=C/c2ccc(O)cc2OC)ccc1O. The van der Waals surface area contributed by atoms with Crippen molar-refractivity contribution in [1.29, 1.82) is 0 Å². The van der Waals surface area contributed by atoms with Gasteiger partial charge in [-0.1, -0.05) is 24.6 Å². The molecule has 0 saturated carbocycles. The number of allylic oxidation sites excluding steroid dienone is 1. The van der Waals surface area contributed by atoms with Crippen molar-refractivity contribution in [2.24, 2.45) is 5.92 Å². The van der Waals surface area contributed by atoms with E-state index < -0.39 is 0 Å². The van der Waals surface area contributed by atoms with Crippen molar-refractivity contribution in [3.63, 3.8) is 0 Å². The van der Waals surface area contributed by atoms with Crippen molar-refractivity contribution in [2.45, 2.75) is 20.3 Å². The maximum atomic E-state index is 9.68. The van der Waals surface area contributed by atoms with Gasteiger partial charge in [0.05, 0.1) is 14.2 Å². The first-order valence-electron chi connectivity index (χ1n) is 7.85. The van der Waals surface area contributed by atoms with Gasteiger partial charge in [0.15, 0.2) is 11.5 Å². The van der Waals surface area contributed by atoms with Gasteiger partial charge in [-0.2, -0.15) is 0 Å². The number of phenolic OH excluding ortho intramolecular Hbond substituents is 2. The van der Waals surface area contributed by atoms with E-state index in [1.807, 2.05) is 18.2 Å². The summed E-state index contributed by atoms with van der Waals surface area (Å²) in [6.45, 7) is 4.23. The van der Waals surface area contributed by atoms with E-state index in [0.717, 1.165) is 17.5 Å². The Bertz CT molecular complexity index is 734. The van der Waals surface area contributed by atoms with Crippen LogP contribution < -0.4 is 9.47 Å². The van der Waals surface area contributed by atoms with E-state index in [0.29, 0.717) is 17.4 Å². The molecule has 4 nitrogen and oxygen atoms in total. The highest BCUT2D eigenvalue weighted by molar-refractivity contribution is 5.61. The highest BCUT2D eigenvalue weighted by atomic mass is 16.5. The summed E-state index contributed by atoms with van der Waals surface area (Å²) in [6, 6.07) is 10.5. The van der Waals surface area contributed by atoms with Gasteiger partial charge in [0.2, 0.25) is 0 Å². The van der Waals surface area contributed by atoms with E-state index in [2.05, 4.69) is 19.9 Å². The molecule has 2 aromatic carbocycles. The molecule has 0 aliphatic carbocycles. The Morgan fingerprint density at radius 1 is 1.04 bits per heavy atom. The molecule has 2 aromatic rings. The van der Waals surface area contributed by atoms with Gasteiger partial charge in [0, 0.05) is 11.6 Å². The molecule has 0 unspecified atom stereocenters. The second-order valence-corrected chi connectivity index (χ2v) is 5.93. The summed E-state index contributed by atoms with van der Waals surface area (Å²) in [6.07, 6.45) is 2.90. The smallest absolute Gasteiger partial charge is 0.160 e. The maximum absolute atomic E-state index is 9.68. The molecule has 0 spiro atoms. The first-order valence-corrected chi connectivity index (χ1v) is 7.85. The lowest BCUT2D eigenvalue weighted by atomic mass is 9.93. The van der Waals surface area contributed by atoms with Crippen LogP contribution in [-0.4, -0.2) is 24.4 Å². The molecular weight excluding hydrogens is 304 g/mol. The minimum atomic E-state index is 0.148. The number of methoxy groups -OCH3 is 2. The molecule has 0 radical (unpaired) electrons. The van der Waals surface area contributed by atoms with Gasteiger partial charge in [0.25, 0.3) is 0 Å². The fourth-order valence-electron chi connectivity index (χ4n) is 2.57. The van der Waals surface area contributed by atoms with Crippen LogP contribution >= 0.6 is 0 Å². The number of phenols is 2.